The fourth-order valence-electron chi connectivity index (χ4n) is 3.61. The molecule has 1 unspecified atom stereocenters. The number of anilines is 1. The highest BCUT2D eigenvalue weighted by Crippen LogP contribution is 2.31. The predicted molar refractivity (Wildman–Crippen MR) is 119 cm³/mol. The van der Waals surface area contributed by atoms with Gasteiger partial charge in [-0.15, -0.1) is 0 Å². The molecule has 0 saturated carbocycles. The fourth-order valence-corrected chi connectivity index (χ4v) is 3.61. The number of rotatable bonds is 6. The molecule has 4 rings (SSSR count). The first-order valence-corrected chi connectivity index (χ1v) is 10.1. The minimum absolute atomic E-state index is 0.0349. The number of benzene rings is 3. The van der Waals surface area contributed by atoms with Crippen LogP contribution in [0.25, 0.3) is 0 Å². The van der Waals surface area contributed by atoms with E-state index in [1.807, 2.05) is 0 Å². The highest BCUT2D eigenvalue weighted by atomic mass is 15.0. The van der Waals surface area contributed by atoms with Crippen molar-refractivity contribution in [1.82, 2.24) is 0 Å². The molecule has 0 amide bonds. The molecule has 3 aromatic carbocycles. The lowest BCUT2D eigenvalue weighted by Crippen LogP contribution is -2.16. The van der Waals surface area contributed by atoms with Gasteiger partial charge in [0.2, 0.25) is 0 Å². The number of hydrogen-bond donors (Lipinski definition) is 1. The van der Waals surface area contributed by atoms with Crippen LogP contribution in [0.4, 0.5) is 5.69 Å². The summed E-state index contributed by atoms with van der Waals surface area (Å²) in [6, 6.07) is 29.9. The maximum Gasteiger partial charge on any atom is 0.0936 e. The minimum Gasteiger partial charge on any atom is -0.373 e. The highest BCUT2D eigenvalue weighted by molar-refractivity contribution is 6.01. The molecule has 140 valence electrons. The number of aliphatic imine (C=N–C) groups is 1. The van der Waals surface area contributed by atoms with E-state index in [0.29, 0.717) is 0 Å². The smallest absolute Gasteiger partial charge is 0.0936 e. The normalized spacial score (nSPS) is 14.8. The summed E-state index contributed by atoms with van der Waals surface area (Å²) in [6.45, 7) is 2.18. The molecule has 0 aliphatic carbocycles. The van der Waals surface area contributed by atoms with E-state index in [0.717, 1.165) is 30.6 Å². The molecule has 0 aromatic heterocycles. The standard InChI is InChI=1S/C26H26N2/c1-2-20-16-18-23(19-17-20)27-26(22-12-7-4-8-13-22)25-15-9-14-24(28-25)21-10-5-3-6-11-21/h3-8,10-13,15-19,26-27H,2,9,14H2,1H3. The lowest BCUT2D eigenvalue weighted by Gasteiger charge is -2.24. The van der Waals surface area contributed by atoms with E-state index in [4.69, 9.17) is 4.99 Å². The van der Waals surface area contributed by atoms with E-state index in [1.54, 1.807) is 0 Å². The van der Waals surface area contributed by atoms with E-state index in [-0.39, 0.29) is 6.04 Å². The zero-order valence-electron chi connectivity index (χ0n) is 16.3. The minimum atomic E-state index is 0.0349. The van der Waals surface area contributed by atoms with Crippen LogP contribution in [0.3, 0.4) is 0 Å². The summed E-state index contributed by atoms with van der Waals surface area (Å²) >= 11 is 0. The van der Waals surface area contributed by atoms with E-state index >= 15 is 0 Å². The van der Waals surface area contributed by atoms with Crippen LogP contribution < -0.4 is 5.32 Å². The van der Waals surface area contributed by atoms with E-state index in [9.17, 15) is 0 Å². The van der Waals surface area contributed by atoms with Gasteiger partial charge in [0.1, 0.15) is 0 Å². The van der Waals surface area contributed by atoms with Gasteiger partial charge < -0.3 is 5.32 Å². The molecule has 1 heterocycles. The van der Waals surface area contributed by atoms with Crippen LogP contribution in [0.1, 0.15) is 42.5 Å². The summed E-state index contributed by atoms with van der Waals surface area (Å²) in [5.41, 5.74) is 7.17. The largest absolute Gasteiger partial charge is 0.373 e. The van der Waals surface area contributed by atoms with E-state index < -0.39 is 0 Å². The Kier molecular flexibility index (Phi) is 5.67. The average Bonchev–Trinajstić information content (AvgIpc) is 2.79. The maximum atomic E-state index is 5.07. The number of aryl methyl sites for hydroxylation is 1. The lowest BCUT2D eigenvalue weighted by atomic mass is 9.97. The van der Waals surface area contributed by atoms with Crippen molar-refractivity contribution >= 4 is 11.4 Å². The molecular formula is C26H26N2. The molecule has 2 nitrogen and oxygen atoms in total. The Hall–Kier alpha value is -3.13. The molecule has 28 heavy (non-hydrogen) atoms. The Balaban J connectivity index is 1.67. The monoisotopic (exact) mass is 366 g/mol. The molecule has 0 saturated heterocycles. The first-order valence-electron chi connectivity index (χ1n) is 10.1. The third kappa shape index (κ3) is 4.23. The Morgan fingerprint density at radius 3 is 2.21 bits per heavy atom. The van der Waals surface area contributed by atoms with Gasteiger partial charge in [-0.05, 0) is 48.1 Å². The third-order valence-corrected chi connectivity index (χ3v) is 5.21. The van der Waals surface area contributed by atoms with Crippen LogP contribution in [-0.4, -0.2) is 5.71 Å². The molecule has 1 aliphatic heterocycles. The van der Waals surface area contributed by atoms with Crippen LogP contribution >= 0.6 is 0 Å². The molecule has 0 bridgehead atoms. The second-order valence-electron chi connectivity index (χ2n) is 7.13. The van der Waals surface area contributed by atoms with Gasteiger partial charge in [-0.3, -0.25) is 4.99 Å². The summed E-state index contributed by atoms with van der Waals surface area (Å²) in [5.74, 6) is 0. The molecule has 0 radical (unpaired) electrons. The van der Waals surface area contributed by atoms with E-state index in [1.165, 1.54) is 22.4 Å². The van der Waals surface area contributed by atoms with Crippen molar-refractivity contribution in [2.75, 3.05) is 5.32 Å². The van der Waals surface area contributed by atoms with Crippen LogP contribution in [0.15, 0.2) is 102 Å². The molecule has 1 N–H and O–H groups in total. The van der Waals surface area contributed by atoms with Gasteiger partial charge in [-0.25, -0.2) is 0 Å². The highest BCUT2D eigenvalue weighted by Gasteiger charge is 2.20. The first kappa shape index (κ1) is 18.2. The molecule has 1 atom stereocenters. The molecule has 0 fully saturated rings. The van der Waals surface area contributed by atoms with Crippen molar-refractivity contribution in [3.63, 3.8) is 0 Å². The van der Waals surface area contributed by atoms with Gasteiger partial charge in [0, 0.05) is 11.4 Å². The Morgan fingerprint density at radius 1 is 0.857 bits per heavy atom. The molecular weight excluding hydrogens is 340 g/mol. The zero-order valence-corrected chi connectivity index (χ0v) is 16.3. The number of allylic oxidation sites excluding steroid dienone is 1. The first-order chi connectivity index (χ1) is 13.8. The number of hydrogen-bond acceptors (Lipinski definition) is 2. The topological polar surface area (TPSA) is 24.4 Å². The van der Waals surface area contributed by atoms with Gasteiger partial charge in [0.15, 0.2) is 0 Å². The SMILES string of the molecule is CCc1ccc(NC(C2=CCCC(c3ccccc3)=N2)c2ccccc2)cc1. The van der Waals surface area contributed by atoms with Crippen LogP contribution in [0.5, 0.6) is 0 Å². The van der Waals surface area contributed by atoms with Crippen molar-refractivity contribution in [2.45, 2.75) is 32.2 Å². The molecule has 2 heteroatoms. The average molecular weight is 367 g/mol. The summed E-state index contributed by atoms with van der Waals surface area (Å²) in [7, 11) is 0. The van der Waals surface area contributed by atoms with Crippen molar-refractivity contribution in [3.8, 4) is 0 Å². The van der Waals surface area contributed by atoms with Crippen molar-refractivity contribution in [3.05, 3.63) is 113 Å². The van der Waals surface area contributed by atoms with Gasteiger partial charge in [-0.2, -0.15) is 0 Å². The molecule has 1 aliphatic rings. The summed E-state index contributed by atoms with van der Waals surface area (Å²) in [4.78, 5) is 5.07. The molecule has 3 aromatic rings. The second-order valence-corrected chi connectivity index (χ2v) is 7.13. The maximum absolute atomic E-state index is 5.07. The van der Waals surface area contributed by atoms with Crippen molar-refractivity contribution in [2.24, 2.45) is 4.99 Å². The van der Waals surface area contributed by atoms with Gasteiger partial charge in [0.05, 0.1) is 11.7 Å². The van der Waals surface area contributed by atoms with Crippen molar-refractivity contribution < 1.29 is 0 Å². The van der Waals surface area contributed by atoms with Crippen molar-refractivity contribution in [1.29, 1.82) is 0 Å². The number of nitrogens with one attached hydrogen (secondary N) is 1. The van der Waals surface area contributed by atoms with E-state index in [2.05, 4.69) is 103 Å². The summed E-state index contributed by atoms with van der Waals surface area (Å²) in [5, 5.41) is 3.71. The predicted octanol–water partition coefficient (Wildman–Crippen LogP) is 6.57. The zero-order chi connectivity index (χ0) is 19.2. The Labute approximate surface area is 167 Å². The van der Waals surface area contributed by atoms with Crippen LogP contribution in [0.2, 0.25) is 0 Å². The molecule has 0 spiro atoms. The summed E-state index contributed by atoms with van der Waals surface area (Å²) in [6.07, 6.45) is 5.33. The van der Waals surface area contributed by atoms with Crippen LogP contribution in [-0.2, 0) is 6.42 Å². The quantitative estimate of drug-likeness (QED) is 0.524. The van der Waals surface area contributed by atoms with Gasteiger partial charge in [-0.1, -0.05) is 85.8 Å². The van der Waals surface area contributed by atoms with Gasteiger partial charge in [0.25, 0.3) is 0 Å². The Bertz CT molecular complexity index is 954. The van der Waals surface area contributed by atoms with Gasteiger partial charge >= 0.3 is 0 Å². The second kappa shape index (κ2) is 8.71. The fraction of sp³-hybridized carbons (Fsp3) is 0.192. The Morgan fingerprint density at radius 2 is 1.54 bits per heavy atom. The van der Waals surface area contributed by atoms with Crippen LogP contribution in [0, 0.1) is 0 Å². The third-order valence-electron chi connectivity index (χ3n) is 5.21. The summed E-state index contributed by atoms with van der Waals surface area (Å²) < 4.78 is 0. The lowest BCUT2D eigenvalue weighted by molar-refractivity contribution is 0.857. The number of nitrogens with zero attached hydrogens (tertiary/aromatic N) is 1.